The van der Waals surface area contributed by atoms with Gasteiger partial charge in [0.1, 0.15) is 12.3 Å². The number of aromatic nitrogens is 3. The largest absolute Gasteiger partial charge is 0.494 e. The fourth-order valence-electron chi connectivity index (χ4n) is 3.25. The third-order valence-corrected chi connectivity index (χ3v) is 5.46. The Labute approximate surface area is 175 Å². The number of nitrogens with one attached hydrogen (secondary N) is 1. The number of rotatable bonds is 6. The van der Waals surface area contributed by atoms with Crippen LogP contribution in [0.5, 0.6) is 5.75 Å². The number of non-ortho nitro benzene ring substituents is 1. The first-order valence-corrected chi connectivity index (χ1v) is 9.84. The quantitative estimate of drug-likeness (QED) is 0.370. The van der Waals surface area contributed by atoms with Crippen LogP contribution in [0.2, 0.25) is 0 Å². The number of nitro groups is 1. The van der Waals surface area contributed by atoms with E-state index in [9.17, 15) is 14.9 Å². The number of hydrogen-bond donors (Lipinski definition) is 1. The number of nitro benzene ring substituents is 1. The summed E-state index contributed by atoms with van der Waals surface area (Å²) in [7, 11) is 1.38. The predicted molar refractivity (Wildman–Crippen MR) is 114 cm³/mol. The van der Waals surface area contributed by atoms with Crippen molar-refractivity contribution in [2.24, 2.45) is 0 Å². The number of carbonyl (C=O) groups is 1. The lowest BCUT2D eigenvalue weighted by Gasteiger charge is -2.10. The van der Waals surface area contributed by atoms with E-state index in [0.717, 1.165) is 21.5 Å². The maximum absolute atomic E-state index is 12.6. The van der Waals surface area contributed by atoms with Crippen LogP contribution >= 0.6 is 11.3 Å². The van der Waals surface area contributed by atoms with E-state index in [4.69, 9.17) is 4.74 Å². The van der Waals surface area contributed by atoms with Crippen molar-refractivity contribution in [1.82, 2.24) is 14.8 Å². The van der Waals surface area contributed by atoms with Crippen LogP contribution in [0.3, 0.4) is 0 Å². The molecule has 0 unspecified atom stereocenters. The van der Waals surface area contributed by atoms with Crippen molar-refractivity contribution in [3.63, 3.8) is 0 Å². The van der Waals surface area contributed by atoms with E-state index in [-0.39, 0.29) is 23.9 Å². The zero-order valence-corrected chi connectivity index (χ0v) is 17.0. The van der Waals surface area contributed by atoms with Crippen LogP contribution in [-0.2, 0) is 11.3 Å². The first-order valence-electron chi connectivity index (χ1n) is 8.96. The van der Waals surface area contributed by atoms with Gasteiger partial charge in [0.05, 0.1) is 34.9 Å². The maximum Gasteiger partial charge on any atom is 0.273 e. The van der Waals surface area contributed by atoms with Crippen LogP contribution in [0.1, 0.15) is 5.69 Å². The molecule has 4 rings (SSSR count). The Bertz CT molecular complexity index is 1250. The monoisotopic (exact) mass is 423 g/mol. The van der Waals surface area contributed by atoms with Gasteiger partial charge in [-0.15, -0.1) is 11.3 Å². The minimum atomic E-state index is -0.524. The van der Waals surface area contributed by atoms with Gasteiger partial charge >= 0.3 is 0 Å². The Kier molecular flexibility index (Phi) is 5.15. The van der Waals surface area contributed by atoms with Crippen molar-refractivity contribution in [1.29, 1.82) is 0 Å². The topological polar surface area (TPSA) is 112 Å². The molecule has 0 atom stereocenters. The van der Waals surface area contributed by atoms with Crippen LogP contribution in [-0.4, -0.2) is 32.7 Å². The summed E-state index contributed by atoms with van der Waals surface area (Å²) < 4.78 is 6.72. The first kappa shape index (κ1) is 19.5. The summed E-state index contributed by atoms with van der Waals surface area (Å²) in [4.78, 5) is 28.6. The summed E-state index contributed by atoms with van der Waals surface area (Å²) in [5.74, 6) is -0.146. The molecule has 0 spiro atoms. The highest BCUT2D eigenvalue weighted by molar-refractivity contribution is 7.13. The second-order valence-electron chi connectivity index (χ2n) is 6.47. The van der Waals surface area contributed by atoms with Gasteiger partial charge in [-0.25, -0.2) is 9.67 Å². The second kappa shape index (κ2) is 7.91. The third kappa shape index (κ3) is 3.60. The fraction of sp³-hybridized carbons (Fsp3) is 0.150. The molecule has 10 heteroatoms. The number of benzene rings is 1. The molecule has 0 aliphatic rings. The number of ether oxygens (including phenoxy) is 1. The molecule has 3 aromatic heterocycles. The number of aryl methyl sites for hydroxylation is 1. The number of pyridine rings is 1. The van der Waals surface area contributed by atoms with Crippen molar-refractivity contribution >= 4 is 39.7 Å². The molecule has 1 amide bonds. The van der Waals surface area contributed by atoms with Gasteiger partial charge in [0.2, 0.25) is 5.91 Å². The normalized spacial score (nSPS) is 10.9. The number of amides is 1. The van der Waals surface area contributed by atoms with Crippen molar-refractivity contribution < 1.29 is 14.5 Å². The van der Waals surface area contributed by atoms with Gasteiger partial charge < -0.3 is 10.1 Å². The molecular weight excluding hydrogens is 406 g/mol. The Morgan fingerprint density at radius 2 is 2.17 bits per heavy atom. The minimum Gasteiger partial charge on any atom is -0.494 e. The number of methoxy groups -OCH3 is 1. The number of nitrogens with zero attached hydrogens (tertiary/aromatic N) is 4. The summed E-state index contributed by atoms with van der Waals surface area (Å²) >= 11 is 1.63. The number of carbonyl (C=O) groups excluding carboxylic acids is 1. The summed E-state index contributed by atoms with van der Waals surface area (Å²) in [6.07, 6.45) is 1.70. The van der Waals surface area contributed by atoms with E-state index in [1.54, 1.807) is 22.2 Å². The van der Waals surface area contributed by atoms with Crippen LogP contribution in [0.4, 0.5) is 11.4 Å². The molecule has 1 N–H and O–H groups in total. The predicted octanol–water partition coefficient (Wildman–Crippen LogP) is 4.02. The van der Waals surface area contributed by atoms with E-state index >= 15 is 0 Å². The lowest BCUT2D eigenvalue weighted by molar-refractivity contribution is -0.384. The van der Waals surface area contributed by atoms with E-state index in [1.165, 1.54) is 25.3 Å². The van der Waals surface area contributed by atoms with Crippen LogP contribution in [0.15, 0.2) is 48.0 Å². The highest BCUT2D eigenvalue weighted by atomic mass is 32.1. The van der Waals surface area contributed by atoms with Gasteiger partial charge in [-0.2, -0.15) is 5.10 Å². The van der Waals surface area contributed by atoms with Crippen LogP contribution in [0.25, 0.3) is 21.5 Å². The molecule has 0 saturated carbocycles. The van der Waals surface area contributed by atoms with E-state index in [0.29, 0.717) is 11.3 Å². The SMILES string of the molecule is COc1cc([N+](=O)[O-])ccc1NC(=O)Cn1nc(C)c2c(-c3cccs3)ccnc21. The number of fused-ring (bicyclic) bond motifs is 1. The second-order valence-corrected chi connectivity index (χ2v) is 7.42. The van der Waals surface area contributed by atoms with Gasteiger partial charge in [-0.1, -0.05) is 6.07 Å². The molecule has 9 nitrogen and oxygen atoms in total. The van der Waals surface area contributed by atoms with Gasteiger partial charge in [0.15, 0.2) is 5.65 Å². The number of anilines is 1. The summed E-state index contributed by atoms with van der Waals surface area (Å²) in [5.41, 5.74) is 2.64. The Morgan fingerprint density at radius 3 is 2.87 bits per heavy atom. The molecule has 4 aromatic rings. The zero-order valence-electron chi connectivity index (χ0n) is 16.2. The van der Waals surface area contributed by atoms with Gasteiger partial charge in [0, 0.05) is 22.7 Å². The lowest BCUT2D eigenvalue weighted by Crippen LogP contribution is -2.20. The molecule has 0 fully saturated rings. The minimum absolute atomic E-state index is 0.0641. The molecule has 0 bridgehead atoms. The van der Waals surface area contributed by atoms with E-state index < -0.39 is 4.92 Å². The third-order valence-electron chi connectivity index (χ3n) is 4.56. The molecule has 0 aliphatic heterocycles. The standard InChI is InChI=1S/C20H17N5O4S/c1-12-19-14(17-4-3-9-30-17)7-8-21-20(19)24(23-12)11-18(26)22-15-6-5-13(25(27)28)10-16(15)29-2/h3-10H,11H2,1-2H3,(H,22,26). The highest BCUT2D eigenvalue weighted by Crippen LogP contribution is 2.33. The Morgan fingerprint density at radius 1 is 1.33 bits per heavy atom. The lowest BCUT2D eigenvalue weighted by atomic mass is 10.1. The molecule has 152 valence electrons. The first-order chi connectivity index (χ1) is 14.5. The van der Waals surface area contributed by atoms with Crippen molar-refractivity contribution in [2.45, 2.75) is 13.5 Å². The average Bonchev–Trinajstić information content (AvgIpc) is 3.37. The molecule has 3 heterocycles. The highest BCUT2D eigenvalue weighted by Gasteiger charge is 2.18. The van der Waals surface area contributed by atoms with Crippen molar-refractivity contribution in [3.05, 3.63) is 63.8 Å². The fourth-order valence-corrected chi connectivity index (χ4v) is 4.01. The maximum atomic E-state index is 12.6. The summed E-state index contributed by atoms with van der Waals surface area (Å²) in [6.45, 7) is 1.82. The Balaban J connectivity index is 1.62. The molecule has 0 saturated heterocycles. The van der Waals surface area contributed by atoms with Gasteiger partial charge in [-0.3, -0.25) is 14.9 Å². The smallest absolute Gasteiger partial charge is 0.273 e. The summed E-state index contributed by atoms with van der Waals surface area (Å²) in [5, 5.41) is 21.1. The zero-order chi connectivity index (χ0) is 21.3. The molecule has 30 heavy (non-hydrogen) atoms. The molecule has 0 aliphatic carbocycles. The van der Waals surface area contributed by atoms with E-state index in [1.807, 2.05) is 30.5 Å². The number of thiophene rings is 1. The van der Waals surface area contributed by atoms with Crippen LogP contribution < -0.4 is 10.1 Å². The Hall–Kier alpha value is -3.79. The molecular formula is C20H17N5O4S. The van der Waals surface area contributed by atoms with E-state index in [2.05, 4.69) is 15.4 Å². The van der Waals surface area contributed by atoms with Crippen LogP contribution in [0, 0.1) is 17.0 Å². The number of hydrogen-bond acceptors (Lipinski definition) is 7. The van der Waals surface area contributed by atoms with Crippen molar-refractivity contribution in [2.75, 3.05) is 12.4 Å². The molecule has 1 aromatic carbocycles. The molecule has 0 radical (unpaired) electrons. The van der Waals surface area contributed by atoms with Gasteiger partial charge in [-0.05, 0) is 30.5 Å². The summed E-state index contributed by atoms with van der Waals surface area (Å²) in [6, 6.07) is 9.96. The average molecular weight is 423 g/mol. The van der Waals surface area contributed by atoms with Crippen molar-refractivity contribution in [3.8, 4) is 16.2 Å². The van der Waals surface area contributed by atoms with Gasteiger partial charge in [0.25, 0.3) is 5.69 Å².